The Balaban J connectivity index is 2.86. The average molecular weight is 315 g/mol. The third-order valence-electron chi connectivity index (χ3n) is 2.33. The molecule has 98 valence electrons. The first kappa shape index (κ1) is 14.4. The van der Waals surface area contributed by atoms with E-state index in [9.17, 15) is 10.1 Å². The molecule has 0 aliphatic rings. The first-order chi connectivity index (χ1) is 8.58. The smallest absolute Gasteiger partial charge is 0.334 e. The maximum Gasteiger partial charge on any atom is 0.334 e. The van der Waals surface area contributed by atoms with Crippen molar-refractivity contribution in [1.82, 2.24) is 15.2 Å². The highest BCUT2D eigenvalue weighted by molar-refractivity contribution is 9.10. The third kappa shape index (κ3) is 3.99. The molecule has 0 saturated heterocycles. The Kier molecular flexibility index (Phi) is 5.57. The Labute approximate surface area is 114 Å². The molecule has 0 radical (unpaired) electrons. The van der Waals surface area contributed by atoms with Crippen LogP contribution in [-0.4, -0.2) is 28.4 Å². The van der Waals surface area contributed by atoms with Crippen molar-refractivity contribution in [1.29, 1.82) is 0 Å². The van der Waals surface area contributed by atoms with Gasteiger partial charge in [0.2, 0.25) is 0 Å². The van der Waals surface area contributed by atoms with E-state index in [2.05, 4.69) is 26.2 Å². The SMILES string of the molecule is CCN(Cc1ccc(Br)nc1)C(=CNC)[N+](=O)[O-]. The zero-order valence-electron chi connectivity index (χ0n) is 10.3. The van der Waals surface area contributed by atoms with Crippen LogP contribution >= 0.6 is 15.9 Å². The summed E-state index contributed by atoms with van der Waals surface area (Å²) >= 11 is 3.25. The highest BCUT2D eigenvalue weighted by Gasteiger charge is 2.19. The first-order valence-electron chi connectivity index (χ1n) is 5.45. The molecular formula is C11H15BrN4O2. The summed E-state index contributed by atoms with van der Waals surface area (Å²) in [5.74, 6) is 0.0444. The van der Waals surface area contributed by atoms with Gasteiger partial charge in [0.15, 0.2) is 0 Å². The highest BCUT2D eigenvalue weighted by atomic mass is 79.9. The van der Waals surface area contributed by atoms with E-state index in [0.717, 1.165) is 10.2 Å². The molecule has 0 bridgehead atoms. The molecule has 7 heteroatoms. The number of halogens is 1. The Hall–Kier alpha value is -1.63. The Morgan fingerprint density at radius 2 is 2.39 bits per heavy atom. The summed E-state index contributed by atoms with van der Waals surface area (Å²) in [5, 5.41) is 13.7. The molecule has 0 atom stereocenters. The van der Waals surface area contributed by atoms with Gasteiger partial charge < -0.3 is 15.4 Å². The predicted octanol–water partition coefficient (Wildman–Crippen LogP) is 1.96. The normalized spacial score (nSPS) is 11.2. The molecule has 1 aromatic heterocycles. The largest absolute Gasteiger partial charge is 0.387 e. The van der Waals surface area contributed by atoms with Gasteiger partial charge in [0, 0.05) is 18.8 Å². The zero-order valence-corrected chi connectivity index (χ0v) is 11.8. The fraction of sp³-hybridized carbons (Fsp3) is 0.364. The molecule has 0 aliphatic carbocycles. The molecule has 0 spiro atoms. The Bertz CT molecular complexity index is 433. The number of hydrogen-bond donors (Lipinski definition) is 1. The van der Waals surface area contributed by atoms with E-state index in [0.29, 0.717) is 13.1 Å². The topological polar surface area (TPSA) is 71.3 Å². The van der Waals surface area contributed by atoms with Gasteiger partial charge in [-0.1, -0.05) is 6.07 Å². The lowest BCUT2D eigenvalue weighted by Crippen LogP contribution is -2.28. The predicted molar refractivity (Wildman–Crippen MR) is 72.2 cm³/mol. The number of nitro groups is 1. The number of pyridine rings is 1. The number of nitrogens with zero attached hydrogens (tertiary/aromatic N) is 3. The van der Waals surface area contributed by atoms with Gasteiger partial charge in [0.25, 0.3) is 0 Å². The van der Waals surface area contributed by atoms with Crippen molar-refractivity contribution < 1.29 is 4.92 Å². The van der Waals surface area contributed by atoms with E-state index in [-0.39, 0.29) is 5.82 Å². The fourth-order valence-corrected chi connectivity index (χ4v) is 1.70. The minimum atomic E-state index is -0.397. The van der Waals surface area contributed by atoms with Crippen LogP contribution < -0.4 is 5.32 Å². The molecule has 0 aliphatic heterocycles. The fourth-order valence-electron chi connectivity index (χ4n) is 1.46. The van der Waals surface area contributed by atoms with Crippen molar-refractivity contribution in [3.05, 3.63) is 50.6 Å². The second-order valence-corrected chi connectivity index (χ2v) is 4.36. The van der Waals surface area contributed by atoms with Crippen molar-refractivity contribution in [2.24, 2.45) is 0 Å². The van der Waals surface area contributed by atoms with Gasteiger partial charge >= 0.3 is 5.82 Å². The van der Waals surface area contributed by atoms with Gasteiger partial charge in [-0.15, -0.1) is 0 Å². The van der Waals surface area contributed by atoms with E-state index in [1.807, 2.05) is 19.1 Å². The van der Waals surface area contributed by atoms with Crippen LogP contribution in [0, 0.1) is 10.1 Å². The van der Waals surface area contributed by atoms with Gasteiger partial charge in [-0.3, -0.25) is 4.90 Å². The number of aromatic nitrogens is 1. The molecule has 0 aromatic carbocycles. The van der Waals surface area contributed by atoms with Crippen LogP contribution in [0.5, 0.6) is 0 Å². The number of rotatable bonds is 6. The Morgan fingerprint density at radius 1 is 1.67 bits per heavy atom. The summed E-state index contributed by atoms with van der Waals surface area (Å²) < 4.78 is 0.745. The lowest BCUT2D eigenvalue weighted by molar-refractivity contribution is -0.447. The van der Waals surface area contributed by atoms with Crippen LogP contribution in [0.15, 0.2) is 35.0 Å². The highest BCUT2D eigenvalue weighted by Crippen LogP contribution is 2.12. The molecule has 0 unspecified atom stereocenters. The van der Waals surface area contributed by atoms with E-state index in [1.165, 1.54) is 6.20 Å². The molecule has 0 fully saturated rings. The standard InChI is InChI=1S/C11H15BrN4O2/c1-3-15(11(7-13-2)16(17)18)8-9-4-5-10(12)14-6-9/h4-7,13H,3,8H2,1-2H3. The Morgan fingerprint density at radius 3 is 2.83 bits per heavy atom. The molecule has 1 heterocycles. The quantitative estimate of drug-likeness (QED) is 0.494. The lowest BCUT2D eigenvalue weighted by atomic mass is 10.2. The lowest BCUT2D eigenvalue weighted by Gasteiger charge is -2.17. The minimum absolute atomic E-state index is 0.0444. The van der Waals surface area contributed by atoms with Crippen molar-refractivity contribution in [3.63, 3.8) is 0 Å². The zero-order chi connectivity index (χ0) is 13.5. The molecule has 1 N–H and O–H groups in total. The van der Waals surface area contributed by atoms with Crippen LogP contribution in [0.1, 0.15) is 12.5 Å². The molecular weight excluding hydrogens is 300 g/mol. The van der Waals surface area contributed by atoms with Crippen LogP contribution in [0.4, 0.5) is 0 Å². The molecule has 1 aromatic rings. The minimum Gasteiger partial charge on any atom is -0.387 e. The summed E-state index contributed by atoms with van der Waals surface area (Å²) in [6.45, 7) is 2.87. The summed E-state index contributed by atoms with van der Waals surface area (Å²) in [5.41, 5.74) is 0.920. The van der Waals surface area contributed by atoms with E-state index in [4.69, 9.17) is 0 Å². The van der Waals surface area contributed by atoms with Gasteiger partial charge in [-0.2, -0.15) is 0 Å². The van der Waals surface area contributed by atoms with E-state index >= 15 is 0 Å². The van der Waals surface area contributed by atoms with Crippen LogP contribution in [-0.2, 0) is 6.54 Å². The second-order valence-electron chi connectivity index (χ2n) is 3.55. The molecule has 0 amide bonds. The molecule has 6 nitrogen and oxygen atoms in total. The van der Waals surface area contributed by atoms with E-state index in [1.54, 1.807) is 18.1 Å². The summed E-state index contributed by atoms with van der Waals surface area (Å²) in [4.78, 5) is 16.3. The van der Waals surface area contributed by atoms with Crippen molar-refractivity contribution in [3.8, 4) is 0 Å². The molecule has 18 heavy (non-hydrogen) atoms. The summed E-state index contributed by atoms with van der Waals surface area (Å²) in [6.07, 6.45) is 3.08. The monoisotopic (exact) mass is 314 g/mol. The molecule has 1 rings (SSSR count). The van der Waals surface area contributed by atoms with Crippen LogP contribution in [0.25, 0.3) is 0 Å². The maximum absolute atomic E-state index is 11.0. The van der Waals surface area contributed by atoms with Gasteiger partial charge in [-0.05, 0) is 33.8 Å². The van der Waals surface area contributed by atoms with Gasteiger partial charge in [0.1, 0.15) is 11.1 Å². The number of nitrogens with one attached hydrogen (secondary N) is 1. The second kappa shape index (κ2) is 6.95. The van der Waals surface area contributed by atoms with Crippen molar-refractivity contribution >= 4 is 15.9 Å². The van der Waals surface area contributed by atoms with Crippen LogP contribution in [0.3, 0.4) is 0 Å². The summed E-state index contributed by atoms with van der Waals surface area (Å²) in [7, 11) is 1.64. The molecule has 0 saturated carbocycles. The third-order valence-corrected chi connectivity index (χ3v) is 2.80. The van der Waals surface area contributed by atoms with E-state index < -0.39 is 4.92 Å². The average Bonchev–Trinajstić information content (AvgIpc) is 2.35. The summed E-state index contributed by atoms with van der Waals surface area (Å²) in [6, 6.07) is 3.70. The first-order valence-corrected chi connectivity index (χ1v) is 6.25. The number of hydrogen-bond acceptors (Lipinski definition) is 5. The van der Waals surface area contributed by atoms with Gasteiger partial charge in [-0.25, -0.2) is 4.98 Å². The maximum atomic E-state index is 11.0. The van der Waals surface area contributed by atoms with Crippen molar-refractivity contribution in [2.75, 3.05) is 13.6 Å². The van der Waals surface area contributed by atoms with Gasteiger partial charge in [0.05, 0.1) is 12.7 Å². The van der Waals surface area contributed by atoms with Crippen LogP contribution in [0.2, 0.25) is 0 Å². The van der Waals surface area contributed by atoms with Crippen molar-refractivity contribution in [2.45, 2.75) is 13.5 Å².